The Morgan fingerprint density at radius 1 is 1.40 bits per heavy atom. The Bertz CT molecular complexity index is 386. The van der Waals surface area contributed by atoms with E-state index >= 15 is 0 Å². The van der Waals surface area contributed by atoms with E-state index in [1.54, 1.807) is 0 Å². The molecule has 2 heteroatoms. The van der Waals surface area contributed by atoms with Gasteiger partial charge in [-0.2, -0.15) is 0 Å². The van der Waals surface area contributed by atoms with Crippen molar-refractivity contribution in [2.24, 2.45) is 5.73 Å². The maximum Gasteiger partial charge on any atom is 0.127 e. The van der Waals surface area contributed by atoms with Crippen LogP contribution in [-0.4, -0.2) is 6.61 Å². The van der Waals surface area contributed by atoms with Crippen molar-refractivity contribution in [2.45, 2.75) is 39.2 Å². The van der Waals surface area contributed by atoms with Crippen LogP contribution in [0.4, 0.5) is 0 Å². The summed E-state index contributed by atoms with van der Waals surface area (Å²) in [4.78, 5) is 0. The monoisotopic (exact) mass is 205 g/mol. The average molecular weight is 205 g/mol. The molecular formula is C13H19NO. The van der Waals surface area contributed by atoms with E-state index in [0.717, 1.165) is 25.2 Å². The molecule has 0 fully saturated rings. The molecule has 1 unspecified atom stereocenters. The van der Waals surface area contributed by atoms with E-state index in [-0.39, 0.29) is 5.54 Å². The molecule has 0 bridgehead atoms. The summed E-state index contributed by atoms with van der Waals surface area (Å²) in [6, 6.07) is 4.32. The van der Waals surface area contributed by atoms with Gasteiger partial charge in [0.15, 0.2) is 0 Å². The Balaban J connectivity index is 2.60. The molecule has 1 heterocycles. The number of fused-ring (bicyclic) bond motifs is 1. The molecule has 1 aromatic carbocycles. The van der Waals surface area contributed by atoms with Crippen molar-refractivity contribution in [1.29, 1.82) is 0 Å². The highest BCUT2D eigenvalue weighted by molar-refractivity contribution is 5.48. The van der Waals surface area contributed by atoms with Crippen LogP contribution >= 0.6 is 0 Å². The number of hydrogen-bond acceptors (Lipinski definition) is 2. The minimum atomic E-state index is -0.190. The second-order valence-electron chi connectivity index (χ2n) is 4.57. The standard InChI is InChI=1S/C13H19NO/c1-4-13(14)5-6-15-12-10(3)7-9(2)8-11(12)13/h7-8H,4-6,14H2,1-3H3. The van der Waals surface area contributed by atoms with Gasteiger partial charge >= 0.3 is 0 Å². The third-order valence-corrected chi connectivity index (χ3v) is 3.38. The Hall–Kier alpha value is -1.02. The Labute approximate surface area is 91.4 Å². The second-order valence-corrected chi connectivity index (χ2v) is 4.57. The molecule has 0 saturated carbocycles. The number of benzene rings is 1. The van der Waals surface area contributed by atoms with Crippen LogP contribution in [0.15, 0.2) is 12.1 Å². The van der Waals surface area contributed by atoms with Crippen molar-refractivity contribution in [3.8, 4) is 5.75 Å². The fraction of sp³-hybridized carbons (Fsp3) is 0.538. The lowest BCUT2D eigenvalue weighted by Gasteiger charge is -2.35. The number of aryl methyl sites for hydroxylation is 2. The highest BCUT2D eigenvalue weighted by atomic mass is 16.5. The van der Waals surface area contributed by atoms with Gasteiger partial charge < -0.3 is 10.5 Å². The van der Waals surface area contributed by atoms with Crippen LogP contribution in [0.2, 0.25) is 0 Å². The molecule has 0 amide bonds. The predicted octanol–water partition coefficient (Wildman–Crippen LogP) is 2.65. The van der Waals surface area contributed by atoms with Crippen LogP contribution in [-0.2, 0) is 5.54 Å². The summed E-state index contributed by atoms with van der Waals surface area (Å²) in [5.41, 5.74) is 9.89. The SMILES string of the molecule is CCC1(N)CCOc2c(C)cc(C)cc21. The normalized spacial score (nSPS) is 24.5. The molecule has 1 atom stereocenters. The van der Waals surface area contributed by atoms with E-state index in [2.05, 4.69) is 32.9 Å². The zero-order chi connectivity index (χ0) is 11.1. The molecule has 1 aliphatic rings. The van der Waals surface area contributed by atoms with Gasteiger partial charge in [-0.25, -0.2) is 0 Å². The number of rotatable bonds is 1. The number of nitrogens with two attached hydrogens (primary N) is 1. The third kappa shape index (κ3) is 1.63. The van der Waals surface area contributed by atoms with Crippen molar-refractivity contribution in [1.82, 2.24) is 0 Å². The number of ether oxygens (including phenoxy) is 1. The largest absolute Gasteiger partial charge is 0.493 e. The summed E-state index contributed by atoms with van der Waals surface area (Å²) in [7, 11) is 0. The average Bonchev–Trinajstić information content (AvgIpc) is 2.20. The lowest BCUT2D eigenvalue weighted by molar-refractivity contribution is 0.211. The Kier molecular flexibility index (Phi) is 2.47. The molecule has 15 heavy (non-hydrogen) atoms. The molecule has 1 aliphatic heterocycles. The maximum absolute atomic E-state index is 6.43. The molecular weight excluding hydrogens is 186 g/mol. The first-order valence-electron chi connectivity index (χ1n) is 5.60. The molecule has 0 aliphatic carbocycles. The summed E-state index contributed by atoms with van der Waals surface area (Å²) >= 11 is 0. The highest BCUT2D eigenvalue weighted by Crippen LogP contribution is 2.39. The highest BCUT2D eigenvalue weighted by Gasteiger charge is 2.33. The van der Waals surface area contributed by atoms with Gasteiger partial charge in [-0.3, -0.25) is 0 Å². The first kappa shape index (κ1) is 10.5. The van der Waals surface area contributed by atoms with Crippen LogP contribution in [0, 0.1) is 13.8 Å². The van der Waals surface area contributed by atoms with Gasteiger partial charge in [0, 0.05) is 17.5 Å². The first-order valence-corrected chi connectivity index (χ1v) is 5.60. The van der Waals surface area contributed by atoms with Crippen molar-refractivity contribution in [3.05, 3.63) is 28.8 Å². The summed E-state index contributed by atoms with van der Waals surface area (Å²) < 4.78 is 5.73. The maximum atomic E-state index is 6.43. The van der Waals surface area contributed by atoms with E-state index in [1.165, 1.54) is 16.7 Å². The quantitative estimate of drug-likeness (QED) is 0.765. The van der Waals surface area contributed by atoms with Crippen molar-refractivity contribution >= 4 is 0 Å². The van der Waals surface area contributed by atoms with Crippen molar-refractivity contribution in [2.75, 3.05) is 6.61 Å². The second kappa shape index (κ2) is 3.53. The fourth-order valence-electron chi connectivity index (χ4n) is 2.35. The zero-order valence-corrected chi connectivity index (χ0v) is 9.76. The van der Waals surface area contributed by atoms with E-state index < -0.39 is 0 Å². The molecule has 0 saturated heterocycles. The minimum Gasteiger partial charge on any atom is -0.493 e. The molecule has 2 rings (SSSR count). The van der Waals surface area contributed by atoms with Crippen LogP contribution in [0.3, 0.4) is 0 Å². The molecule has 2 nitrogen and oxygen atoms in total. The van der Waals surface area contributed by atoms with E-state index in [1.807, 2.05) is 0 Å². The van der Waals surface area contributed by atoms with Gasteiger partial charge in [-0.15, -0.1) is 0 Å². The minimum absolute atomic E-state index is 0.190. The third-order valence-electron chi connectivity index (χ3n) is 3.38. The van der Waals surface area contributed by atoms with Crippen LogP contribution < -0.4 is 10.5 Å². The fourth-order valence-corrected chi connectivity index (χ4v) is 2.35. The molecule has 1 aromatic rings. The van der Waals surface area contributed by atoms with Gasteiger partial charge in [-0.05, 0) is 25.8 Å². The summed E-state index contributed by atoms with van der Waals surface area (Å²) in [6.07, 6.45) is 1.88. The van der Waals surface area contributed by atoms with Gasteiger partial charge in [0.25, 0.3) is 0 Å². The summed E-state index contributed by atoms with van der Waals surface area (Å²) in [5.74, 6) is 1.01. The van der Waals surface area contributed by atoms with Crippen molar-refractivity contribution in [3.63, 3.8) is 0 Å². The van der Waals surface area contributed by atoms with Crippen LogP contribution in [0.25, 0.3) is 0 Å². The van der Waals surface area contributed by atoms with Gasteiger partial charge in [0.1, 0.15) is 5.75 Å². The predicted molar refractivity (Wildman–Crippen MR) is 62.2 cm³/mol. The van der Waals surface area contributed by atoms with E-state index in [0.29, 0.717) is 0 Å². The molecule has 2 N–H and O–H groups in total. The molecule has 0 spiro atoms. The van der Waals surface area contributed by atoms with E-state index in [4.69, 9.17) is 10.5 Å². The first-order chi connectivity index (χ1) is 7.07. The zero-order valence-electron chi connectivity index (χ0n) is 9.76. The van der Waals surface area contributed by atoms with Crippen molar-refractivity contribution < 1.29 is 4.74 Å². The topological polar surface area (TPSA) is 35.2 Å². The Morgan fingerprint density at radius 2 is 2.13 bits per heavy atom. The summed E-state index contributed by atoms with van der Waals surface area (Å²) in [6.45, 7) is 7.08. The van der Waals surface area contributed by atoms with Gasteiger partial charge in [0.05, 0.1) is 6.61 Å². The smallest absolute Gasteiger partial charge is 0.127 e. The lowest BCUT2D eigenvalue weighted by Crippen LogP contribution is -2.41. The van der Waals surface area contributed by atoms with Crippen LogP contribution in [0.5, 0.6) is 5.75 Å². The molecule has 82 valence electrons. The molecule has 0 radical (unpaired) electrons. The summed E-state index contributed by atoms with van der Waals surface area (Å²) in [5, 5.41) is 0. The number of hydrogen-bond donors (Lipinski definition) is 1. The van der Waals surface area contributed by atoms with Gasteiger partial charge in [0.2, 0.25) is 0 Å². The van der Waals surface area contributed by atoms with Crippen LogP contribution in [0.1, 0.15) is 36.5 Å². The van der Waals surface area contributed by atoms with Gasteiger partial charge in [-0.1, -0.05) is 24.6 Å². The van der Waals surface area contributed by atoms with E-state index in [9.17, 15) is 0 Å². The Morgan fingerprint density at radius 3 is 2.80 bits per heavy atom. The molecule has 0 aromatic heterocycles. The lowest BCUT2D eigenvalue weighted by atomic mass is 9.81.